The summed E-state index contributed by atoms with van der Waals surface area (Å²) >= 11 is 0. The van der Waals surface area contributed by atoms with Gasteiger partial charge in [-0.25, -0.2) is 0 Å². The molecule has 0 bridgehead atoms. The number of nitrogens with zero attached hydrogens (tertiary/aromatic N) is 1. The molecular weight excluding hydrogens is 402 g/mol. The molecule has 0 spiro atoms. The number of rotatable bonds is 4. The summed E-state index contributed by atoms with van der Waals surface area (Å²) in [5.74, 6) is -2.03. The summed E-state index contributed by atoms with van der Waals surface area (Å²) in [6.45, 7) is 9.19. The number of fused-ring (bicyclic) bond motifs is 2. The number of aliphatic hydroxyl groups is 1. The summed E-state index contributed by atoms with van der Waals surface area (Å²) in [5, 5.41) is 11.8. The molecule has 4 aliphatic rings. The highest BCUT2D eigenvalue weighted by molar-refractivity contribution is 5.76. The molecular formula is C23H35NO7. The van der Waals surface area contributed by atoms with E-state index < -0.39 is 35.6 Å². The topological polar surface area (TPSA) is 102 Å². The number of likely N-dealkylation sites (tertiary alicyclic amines) is 1. The minimum Gasteiger partial charge on any atom is -0.462 e. The summed E-state index contributed by atoms with van der Waals surface area (Å²) in [6, 6.07) is 0. The third kappa shape index (κ3) is 3.86. The van der Waals surface area contributed by atoms with Gasteiger partial charge in [-0.2, -0.15) is 0 Å². The molecule has 0 aromatic rings. The molecule has 0 aromatic carbocycles. The lowest BCUT2D eigenvalue weighted by Crippen LogP contribution is -2.52. The molecule has 174 valence electrons. The summed E-state index contributed by atoms with van der Waals surface area (Å²) in [4.78, 5) is 38.8. The second-order valence-corrected chi connectivity index (χ2v) is 10.2. The van der Waals surface area contributed by atoms with Crippen LogP contribution in [0, 0.1) is 29.1 Å². The number of carbonyl (C=O) groups is 3. The van der Waals surface area contributed by atoms with Crippen LogP contribution in [0.5, 0.6) is 0 Å². The van der Waals surface area contributed by atoms with Crippen LogP contribution in [0.4, 0.5) is 0 Å². The minimum atomic E-state index is -0.920. The van der Waals surface area contributed by atoms with Crippen molar-refractivity contribution in [1.29, 1.82) is 0 Å². The Hall–Kier alpha value is -1.67. The average molecular weight is 438 g/mol. The van der Waals surface area contributed by atoms with Gasteiger partial charge in [-0.15, -0.1) is 0 Å². The fourth-order valence-corrected chi connectivity index (χ4v) is 7.03. The summed E-state index contributed by atoms with van der Waals surface area (Å²) in [6.07, 6.45) is 0.822. The zero-order valence-corrected chi connectivity index (χ0v) is 18.9. The number of hydrogen-bond donors (Lipinski definition) is 1. The van der Waals surface area contributed by atoms with Crippen LogP contribution in [0.2, 0.25) is 0 Å². The van der Waals surface area contributed by atoms with Crippen LogP contribution in [0.15, 0.2) is 0 Å². The lowest BCUT2D eigenvalue weighted by Gasteiger charge is -2.43. The zero-order valence-electron chi connectivity index (χ0n) is 18.9. The van der Waals surface area contributed by atoms with Gasteiger partial charge in [0.1, 0.15) is 18.3 Å². The van der Waals surface area contributed by atoms with Crippen LogP contribution >= 0.6 is 0 Å². The van der Waals surface area contributed by atoms with E-state index in [1.807, 2.05) is 13.8 Å². The summed E-state index contributed by atoms with van der Waals surface area (Å²) < 4.78 is 17.2. The maximum absolute atomic E-state index is 12.8. The van der Waals surface area contributed by atoms with E-state index in [-0.39, 0.29) is 35.8 Å². The molecule has 1 N–H and O–H groups in total. The van der Waals surface area contributed by atoms with E-state index in [0.717, 1.165) is 25.9 Å². The van der Waals surface area contributed by atoms with Crippen LogP contribution < -0.4 is 0 Å². The first kappa shape index (κ1) is 22.5. The maximum Gasteiger partial charge on any atom is 0.311 e. The van der Waals surface area contributed by atoms with Crippen molar-refractivity contribution in [3.05, 3.63) is 0 Å². The van der Waals surface area contributed by atoms with E-state index in [0.29, 0.717) is 19.4 Å². The van der Waals surface area contributed by atoms with Gasteiger partial charge in [0.2, 0.25) is 0 Å². The Morgan fingerprint density at radius 2 is 1.81 bits per heavy atom. The molecule has 0 amide bonds. The van der Waals surface area contributed by atoms with E-state index in [1.54, 1.807) is 0 Å². The Morgan fingerprint density at radius 1 is 1.16 bits per heavy atom. The third-order valence-corrected chi connectivity index (χ3v) is 8.22. The lowest BCUT2D eigenvalue weighted by atomic mass is 9.66. The van der Waals surface area contributed by atoms with E-state index in [9.17, 15) is 19.5 Å². The van der Waals surface area contributed by atoms with Crippen molar-refractivity contribution < 1.29 is 33.7 Å². The number of ether oxygens (including phenoxy) is 3. The Balaban J connectivity index is 1.69. The molecule has 4 fully saturated rings. The molecule has 9 atom stereocenters. The molecule has 8 nitrogen and oxygen atoms in total. The molecule has 31 heavy (non-hydrogen) atoms. The van der Waals surface area contributed by atoms with Crippen molar-refractivity contribution in [3.8, 4) is 0 Å². The van der Waals surface area contributed by atoms with Gasteiger partial charge in [0.25, 0.3) is 0 Å². The van der Waals surface area contributed by atoms with Gasteiger partial charge in [0, 0.05) is 44.1 Å². The highest BCUT2D eigenvalue weighted by Gasteiger charge is 2.67. The second-order valence-electron chi connectivity index (χ2n) is 10.2. The molecule has 2 aliphatic heterocycles. The smallest absolute Gasteiger partial charge is 0.311 e. The Morgan fingerprint density at radius 3 is 2.42 bits per heavy atom. The van der Waals surface area contributed by atoms with E-state index in [1.165, 1.54) is 13.8 Å². The first-order valence-corrected chi connectivity index (χ1v) is 11.6. The Kier molecular flexibility index (Phi) is 6.07. The standard InChI is InChI=1S/C23H35NO7/c1-12-9-16-19(15(22(28)31-16)11-24-7-5-6-8-24)21(27)23(4)18(30-14(3)26)10-17(20(12)23)29-13(2)25/h12,15-21,27H,5-11H2,1-4H3/t12-,15+,16+,17-,18+,19-,20-,21-,23-/m1/s1. The van der Waals surface area contributed by atoms with E-state index in [2.05, 4.69) is 4.90 Å². The number of aliphatic hydroxyl groups excluding tert-OH is 1. The normalized spacial score (nSPS) is 44.9. The van der Waals surface area contributed by atoms with Crippen molar-refractivity contribution in [2.45, 2.75) is 77.8 Å². The van der Waals surface area contributed by atoms with Crippen molar-refractivity contribution in [3.63, 3.8) is 0 Å². The fourth-order valence-electron chi connectivity index (χ4n) is 7.03. The van der Waals surface area contributed by atoms with Crippen LogP contribution in [0.1, 0.15) is 53.4 Å². The van der Waals surface area contributed by atoms with E-state index >= 15 is 0 Å². The minimum absolute atomic E-state index is 0.0119. The predicted octanol–water partition coefficient (Wildman–Crippen LogP) is 1.53. The van der Waals surface area contributed by atoms with Gasteiger partial charge in [0.05, 0.1) is 12.0 Å². The first-order chi connectivity index (χ1) is 14.6. The molecule has 0 unspecified atom stereocenters. The number of carbonyl (C=O) groups excluding carboxylic acids is 3. The lowest BCUT2D eigenvalue weighted by molar-refractivity contribution is -0.165. The van der Waals surface area contributed by atoms with Crippen LogP contribution in [-0.4, -0.2) is 72.0 Å². The van der Waals surface area contributed by atoms with Gasteiger partial charge in [-0.05, 0) is 38.3 Å². The highest BCUT2D eigenvalue weighted by atomic mass is 16.6. The van der Waals surface area contributed by atoms with E-state index in [4.69, 9.17) is 14.2 Å². The van der Waals surface area contributed by atoms with Crippen LogP contribution in [-0.2, 0) is 28.6 Å². The van der Waals surface area contributed by atoms with Crippen molar-refractivity contribution in [2.75, 3.05) is 19.6 Å². The quantitative estimate of drug-likeness (QED) is 0.522. The van der Waals surface area contributed by atoms with Crippen LogP contribution in [0.3, 0.4) is 0 Å². The average Bonchev–Trinajstić information content (AvgIpc) is 3.32. The molecule has 0 radical (unpaired) electrons. The van der Waals surface area contributed by atoms with Crippen molar-refractivity contribution >= 4 is 17.9 Å². The Labute approximate surface area is 183 Å². The fraction of sp³-hybridized carbons (Fsp3) is 0.870. The first-order valence-electron chi connectivity index (χ1n) is 11.6. The summed E-state index contributed by atoms with van der Waals surface area (Å²) in [5.41, 5.74) is -0.845. The molecule has 4 rings (SSSR count). The monoisotopic (exact) mass is 437 g/mol. The van der Waals surface area contributed by atoms with Gasteiger partial charge >= 0.3 is 17.9 Å². The molecule has 0 aromatic heterocycles. The molecule has 2 saturated carbocycles. The summed E-state index contributed by atoms with van der Waals surface area (Å²) in [7, 11) is 0. The third-order valence-electron chi connectivity index (χ3n) is 8.22. The van der Waals surface area contributed by atoms with Crippen LogP contribution in [0.25, 0.3) is 0 Å². The molecule has 2 aliphatic carbocycles. The zero-order chi connectivity index (χ0) is 22.5. The van der Waals surface area contributed by atoms with Gasteiger partial charge in [0.15, 0.2) is 0 Å². The molecule has 8 heteroatoms. The van der Waals surface area contributed by atoms with Gasteiger partial charge < -0.3 is 24.2 Å². The van der Waals surface area contributed by atoms with Gasteiger partial charge in [-0.1, -0.05) is 13.8 Å². The largest absolute Gasteiger partial charge is 0.462 e. The van der Waals surface area contributed by atoms with Crippen molar-refractivity contribution in [2.24, 2.45) is 29.1 Å². The highest BCUT2D eigenvalue weighted by Crippen LogP contribution is 2.58. The SMILES string of the molecule is CC(=O)O[C@H]1C[C@@H](OC(C)=O)[C@H]2[C@H](C)C[C@@H]3OC(=O)[C@@H](CN4CCCC4)[C@H]3[C@@H](O)[C@@]21C. The number of hydrogen-bond acceptors (Lipinski definition) is 8. The van der Waals surface area contributed by atoms with Gasteiger partial charge in [-0.3, -0.25) is 14.4 Å². The van der Waals surface area contributed by atoms with Crippen molar-refractivity contribution in [1.82, 2.24) is 4.90 Å². The maximum atomic E-state index is 12.8. The second kappa shape index (κ2) is 8.35. The molecule has 2 saturated heterocycles. The molecule has 2 heterocycles. The predicted molar refractivity (Wildman–Crippen MR) is 110 cm³/mol. The number of esters is 3. The Bertz CT molecular complexity index is 735.